The van der Waals surface area contributed by atoms with Crippen LogP contribution in [0, 0.1) is 0 Å². The van der Waals surface area contributed by atoms with Crippen LogP contribution in [0.1, 0.15) is 348 Å². The smallest absolute Gasteiger partial charge is 0.306 e. The van der Waals surface area contributed by atoms with Crippen molar-refractivity contribution in [2.45, 2.75) is 360 Å². The molecule has 2 atom stereocenters. The summed E-state index contributed by atoms with van der Waals surface area (Å²) in [5.74, 6) is -2.26. The predicted octanol–water partition coefficient (Wildman–Crippen LogP) is 20.3. The maximum Gasteiger partial charge on any atom is 0.306 e. The lowest BCUT2D eigenvalue weighted by molar-refractivity contribution is -0.870. The Balaban J connectivity index is 4.08. The fourth-order valence-electron chi connectivity index (χ4n) is 10.5. The van der Waals surface area contributed by atoms with E-state index in [9.17, 15) is 19.5 Å². The highest BCUT2D eigenvalue weighted by Gasteiger charge is 2.22. The third-order valence-corrected chi connectivity index (χ3v) is 15.9. The Bertz CT molecular complexity index is 1420. The van der Waals surface area contributed by atoms with Gasteiger partial charge in [-0.2, -0.15) is 0 Å². The van der Waals surface area contributed by atoms with Crippen LogP contribution in [0.3, 0.4) is 0 Å². The monoisotopic (exact) mass is 1140 g/mol. The van der Waals surface area contributed by atoms with Gasteiger partial charge < -0.3 is 33.3 Å². The predicted molar refractivity (Wildman–Crippen MR) is 343 cm³/mol. The molecule has 9 nitrogen and oxygen atoms in total. The topological polar surface area (TPSA) is 111 Å². The van der Waals surface area contributed by atoms with Crippen molar-refractivity contribution in [1.29, 1.82) is 0 Å². The number of hydrogen-bond acceptors (Lipinski definition) is 8. The summed E-state index contributed by atoms with van der Waals surface area (Å²) in [6.07, 6.45) is 76.6. The largest absolute Gasteiger partial charge is 0.545 e. The second kappa shape index (κ2) is 63.5. The highest BCUT2D eigenvalue weighted by molar-refractivity contribution is 5.70. The van der Waals surface area contributed by atoms with Crippen LogP contribution in [0.25, 0.3) is 0 Å². The van der Waals surface area contributed by atoms with E-state index in [-0.39, 0.29) is 32.2 Å². The Morgan fingerprint density at radius 1 is 0.370 bits per heavy atom. The van der Waals surface area contributed by atoms with Crippen molar-refractivity contribution in [3.05, 3.63) is 36.5 Å². The first kappa shape index (κ1) is 78.5. The minimum atomic E-state index is -1.62. The quantitative estimate of drug-likeness (QED) is 0.0195. The minimum absolute atomic E-state index is 0.150. The Hall–Kier alpha value is -2.49. The fourth-order valence-corrected chi connectivity index (χ4v) is 10.5. The van der Waals surface area contributed by atoms with E-state index in [2.05, 4.69) is 50.3 Å². The van der Waals surface area contributed by atoms with Crippen molar-refractivity contribution in [3.63, 3.8) is 0 Å². The zero-order valence-corrected chi connectivity index (χ0v) is 54.4. The Labute approximate surface area is 502 Å². The standard InChI is InChI=1S/C72H135NO8/c1-6-8-10-12-14-16-18-20-22-24-26-28-30-32-34-35-37-39-41-43-45-47-49-51-53-55-57-59-61-63-70(75)81-68(67-80-72(71(76)77)78-65-64-73(3,4)5)66-79-69(74)62-60-58-56-54-52-50-48-46-44-42-40-38-36-33-31-29-27-25-23-21-19-17-15-13-11-9-7-2/h18,20,24,26,30,32,68,72H,6-17,19,21-23,25,27-29,31,33-67H2,1-5H3/b20-18-,26-24-,32-30-. The number of likely N-dealkylation sites (N-methyl/N-ethyl adjacent to an activating group) is 1. The Kier molecular flexibility index (Phi) is 61.6. The number of rotatable bonds is 66. The van der Waals surface area contributed by atoms with Crippen LogP contribution in [-0.2, 0) is 33.3 Å². The zero-order valence-electron chi connectivity index (χ0n) is 54.4. The third-order valence-electron chi connectivity index (χ3n) is 15.9. The molecule has 0 saturated heterocycles. The van der Waals surface area contributed by atoms with Crippen molar-refractivity contribution in [2.75, 3.05) is 47.5 Å². The van der Waals surface area contributed by atoms with E-state index in [1.165, 1.54) is 270 Å². The molecule has 0 aromatic rings. The molecule has 0 N–H and O–H groups in total. The first-order valence-corrected chi connectivity index (χ1v) is 35.1. The Morgan fingerprint density at radius 3 is 0.988 bits per heavy atom. The van der Waals surface area contributed by atoms with E-state index in [4.69, 9.17) is 18.9 Å². The number of hydrogen-bond donors (Lipinski definition) is 0. The van der Waals surface area contributed by atoms with Gasteiger partial charge in [-0.25, -0.2) is 0 Å². The lowest BCUT2D eigenvalue weighted by Crippen LogP contribution is -2.44. The highest BCUT2D eigenvalue weighted by atomic mass is 16.7. The zero-order chi connectivity index (χ0) is 59.1. The Morgan fingerprint density at radius 2 is 0.667 bits per heavy atom. The van der Waals surface area contributed by atoms with E-state index in [0.29, 0.717) is 23.9 Å². The fraction of sp³-hybridized carbons (Fsp3) is 0.875. The van der Waals surface area contributed by atoms with Crippen LogP contribution >= 0.6 is 0 Å². The second-order valence-corrected chi connectivity index (χ2v) is 25.2. The van der Waals surface area contributed by atoms with Crippen molar-refractivity contribution in [1.82, 2.24) is 0 Å². The highest BCUT2D eigenvalue weighted by Crippen LogP contribution is 2.19. The molecule has 0 bridgehead atoms. The maximum absolute atomic E-state index is 12.9. The summed E-state index contributed by atoms with van der Waals surface area (Å²) < 4.78 is 22.8. The van der Waals surface area contributed by atoms with Gasteiger partial charge in [0, 0.05) is 12.8 Å². The average molecular weight is 1140 g/mol. The van der Waals surface area contributed by atoms with Crippen LogP contribution in [0.15, 0.2) is 36.5 Å². The molecule has 0 fully saturated rings. The first-order valence-electron chi connectivity index (χ1n) is 35.1. The minimum Gasteiger partial charge on any atom is -0.545 e. The van der Waals surface area contributed by atoms with Gasteiger partial charge in [0.1, 0.15) is 13.2 Å². The number of quaternary nitrogens is 1. The summed E-state index contributed by atoms with van der Waals surface area (Å²) in [6, 6.07) is 0. The van der Waals surface area contributed by atoms with Crippen molar-refractivity contribution in [3.8, 4) is 0 Å². The van der Waals surface area contributed by atoms with Gasteiger partial charge >= 0.3 is 11.9 Å². The molecular weight excluding hydrogens is 1010 g/mol. The summed E-state index contributed by atoms with van der Waals surface area (Å²) in [6.45, 7) is 4.80. The van der Waals surface area contributed by atoms with Gasteiger partial charge in [0.25, 0.3) is 0 Å². The number of carbonyl (C=O) groups is 3. The summed E-state index contributed by atoms with van der Waals surface area (Å²) in [7, 11) is 5.94. The summed E-state index contributed by atoms with van der Waals surface area (Å²) >= 11 is 0. The van der Waals surface area contributed by atoms with Gasteiger partial charge in [-0.05, 0) is 51.4 Å². The van der Waals surface area contributed by atoms with E-state index < -0.39 is 24.3 Å². The van der Waals surface area contributed by atoms with Crippen molar-refractivity contribution >= 4 is 17.9 Å². The van der Waals surface area contributed by atoms with E-state index in [1.807, 2.05) is 21.1 Å². The molecule has 476 valence electrons. The normalized spacial score (nSPS) is 12.9. The number of carboxylic acids is 1. The molecule has 0 saturated carbocycles. The number of esters is 2. The summed E-state index contributed by atoms with van der Waals surface area (Å²) in [5.41, 5.74) is 0. The van der Waals surface area contributed by atoms with E-state index in [0.717, 1.165) is 44.9 Å². The number of ether oxygens (including phenoxy) is 4. The summed E-state index contributed by atoms with van der Waals surface area (Å²) in [4.78, 5) is 37.5. The van der Waals surface area contributed by atoms with Crippen LogP contribution in [0.5, 0.6) is 0 Å². The number of unbranched alkanes of at least 4 members (excludes halogenated alkanes) is 45. The lowest BCUT2D eigenvalue weighted by Gasteiger charge is -2.26. The molecule has 9 heteroatoms. The molecular formula is C72H135NO8. The van der Waals surface area contributed by atoms with Gasteiger partial charge in [0.2, 0.25) is 0 Å². The number of aliphatic carboxylic acids is 1. The van der Waals surface area contributed by atoms with Crippen molar-refractivity contribution < 1.29 is 42.9 Å². The lowest BCUT2D eigenvalue weighted by atomic mass is 10.0. The molecule has 0 spiro atoms. The number of carboxylic acid groups (broad SMARTS) is 1. The van der Waals surface area contributed by atoms with Crippen molar-refractivity contribution in [2.24, 2.45) is 0 Å². The molecule has 0 amide bonds. The van der Waals surface area contributed by atoms with Crippen LogP contribution in [0.4, 0.5) is 0 Å². The molecule has 0 aliphatic heterocycles. The number of nitrogens with zero attached hydrogens (tertiary/aromatic N) is 1. The van der Waals surface area contributed by atoms with Crippen LogP contribution in [-0.4, -0.2) is 82.3 Å². The van der Waals surface area contributed by atoms with Gasteiger partial charge in [-0.3, -0.25) is 9.59 Å². The van der Waals surface area contributed by atoms with Gasteiger partial charge in [-0.1, -0.05) is 320 Å². The maximum atomic E-state index is 12.9. The van der Waals surface area contributed by atoms with E-state index >= 15 is 0 Å². The molecule has 0 aromatic carbocycles. The van der Waals surface area contributed by atoms with Gasteiger partial charge in [-0.15, -0.1) is 0 Å². The van der Waals surface area contributed by atoms with Crippen LogP contribution < -0.4 is 5.11 Å². The molecule has 81 heavy (non-hydrogen) atoms. The average Bonchev–Trinajstić information content (AvgIpc) is 3.44. The molecule has 0 radical (unpaired) electrons. The van der Waals surface area contributed by atoms with Gasteiger partial charge in [0.15, 0.2) is 12.4 Å². The number of carbonyl (C=O) groups excluding carboxylic acids is 3. The molecule has 0 aliphatic carbocycles. The molecule has 2 unspecified atom stereocenters. The second-order valence-electron chi connectivity index (χ2n) is 25.2. The number of allylic oxidation sites excluding steroid dienone is 6. The summed E-state index contributed by atoms with van der Waals surface area (Å²) in [5, 5.41) is 11.8. The molecule has 0 aromatic heterocycles. The molecule has 0 heterocycles. The van der Waals surface area contributed by atoms with E-state index in [1.54, 1.807) is 0 Å². The molecule has 0 rings (SSSR count). The SMILES string of the molecule is CCCCCCC/C=C\C/C=C\C/C=C\CCCCCCCCCCCCCCCCC(=O)OC(COC(=O)CCCCCCCCCCCCCCCCCCCCCCCCCCCCC)COC(OCC[N+](C)(C)C)C(=O)[O-]. The third kappa shape index (κ3) is 64.9. The van der Waals surface area contributed by atoms with Gasteiger partial charge in [0.05, 0.1) is 40.3 Å². The first-order chi connectivity index (χ1) is 39.6. The van der Waals surface area contributed by atoms with Crippen LogP contribution in [0.2, 0.25) is 0 Å². The molecule has 0 aliphatic rings.